The number of carboxylic acids is 1. The summed E-state index contributed by atoms with van der Waals surface area (Å²) in [7, 11) is 0. The first-order valence-corrected chi connectivity index (χ1v) is 7.32. The van der Waals surface area contributed by atoms with Crippen LogP contribution < -0.4 is 0 Å². The van der Waals surface area contributed by atoms with Gasteiger partial charge in [-0.2, -0.15) is 0 Å². The van der Waals surface area contributed by atoms with Crippen molar-refractivity contribution < 1.29 is 9.90 Å². The first kappa shape index (κ1) is 14.1. The van der Waals surface area contributed by atoms with Crippen molar-refractivity contribution in [2.75, 3.05) is 6.54 Å². The fourth-order valence-electron chi connectivity index (χ4n) is 2.90. The molecule has 3 rings (SSSR count). The Balaban J connectivity index is 1.79. The number of rotatable bonds is 3. The number of halogens is 1. The largest absolute Gasteiger partial charge is 0.478 e. The van der Waals surface area contributed by atoms with Crippen LogP contribution >= 0.6 is 11.6 Å². The summed E-state index contributed by atoms with van der Waals surface area (Å²) in [5.74, 6) is -0.838. The summed E-state index contributed by atoms with van der Waals surface area (Å²) < 4.78 is 0. The molecule has 0 saturated heterocycles. The molecule has 0 amide bonds. The van der Waals surface area contributed by atoms with Gasteiger partial charge in [0.2, 0.25) is 0 Å². The summed E-state index contributed by atoms with van der Waals surface area (Å²) in [6, 6.07) is 13.4. The summed E-state index contributed by atoms with van der Waals surface area (Å²) >= 11 is 6.02. The summed E-state index contributed by atoms with van der Waals surface area (Å²) in [5.41, 5.74) is 3.71. The molecule has 1 N–H and O–H groups in total. The highest BCUT2D eigenvalue weighted by Gasteiger charge is 2.21. The number of fused-ring (bicyclic) bond motifs is 1. The van der Waals surface area contributed by atoms with E-state index in [-0.39, 0.29) is 0 Å². The van der Waals surface area contributed by atoms with Crippen molar-refractivity contribution in [2.45, 2.75) is 19.5 Å². The van der Waals surface area contributed by atoms with Gasteiger partial charge in [0.25, 0.3) is 0 Å². The minimum atomic E-state index is -0.838. The molecule has 0 atom stereocenters. The van der Waals surface area contributed by atoms with Gasteiger partial charge in [-0.1, -0.05) is 35.9 Å². The monoisotopic (exact) mass is 301 g/mol. The number of carboxylic acid groups (broad SMARTS) is 1. The highest BCUT2D eigenvalue weighted by Crippen LogP contribution is 2.24. The number of nitrogens with zero attached hydrogens (tertiary/aromatic N) is 1. The topological polar surface area (TPSA) is 40.5 Å². The highest BCUT2D eigenvalue weighted by atomic mass is 35.5. The fourth-order valence-corrected chi connectivity index (χ4v) is 3.11. The zero-order valence-corrected chi connectivity index (χ0v) is 12.3. The van der Waals surface area contributed by atoms with E-state index in [1.54, 1.807) is 6.07 Å². The lowest BCUT2D eigenvalue weighted by atomic mass is 9.94. The van der Waals surface area contributed by atoms with E-state index in [0.29, 0.717) is 5.56 Å². The van der Waals surface area contributed by atoms with Crippen LogP contribution in [0.15, 0.2) is 42.5 Å². The second-order valence-electron chi connectivity index (χ2n) is 5.34. The van der Waals surface area contributed by atoms with Gasteiger partial charge in [-0.3, -0.25) is 4.90 Å². The quantitative estimate of drug-likeness (QED) is 0.942. The van der Waals surface area contributed by atoms with Crippen molar-refractivity contribution in [3.63, 3.8) is 0 Å². The normalized spacial score (nSPS) is 14.7. The predicted molar refractivity (Wildman–Crippen MR) is 82.7 cm³/mol. The first-order valence-electron chi connectivity index (χ1n) is 6.94. The van der Waals surface area contributed by atoms with Crippen LogP contribution in [0, 0.1) is 0 Å². The lowest BCUT2D eigenvalue weighted by Crippen LogP contribution is -2.31. The zero-order chi connectivity index (χ0) is 14.8. The molecule has 0 aliphatic carbocycles. The van der Waals surface area contributed by atoms with Crippen LogP contribution in [0.2, 0.25) is 5.02 Å². The Morgan fingerprint density at radius 2 is 2.05 bits per heavy atom. The third kappa shape index (κ3) is 3.09. The molecule has 1 heterocycles. The SMILES string of the molecule is O=C(O)c1cccc2c1CCN(Cc1cccc(Cl)c1)C2. The minimum absolute atomic E-state index is 0.440. The van der Waals surface area contributed by atoms with Gasteiger partial charge in [0.1, 0.15) is 0 Å². The molecule has 0 aromatic heterocycles. The van der Waals surface area contributed by atoms with Crippen LogP contribution in [0.4, 0.5) is 0 Å². The molecule has 0 radical (unpaired) electrons. The molecule has 1 aliphatic heterocycles. The maximum atomic E-state index is 11.3. The van der Waals surface area contributed by atoms with E-state index in [1.807, 2.05) is 30.3 Å². The molecule has 0 spiro atoms. The van der Waals surface area contributed by atoms with Crippen LogP contribution in [0.3, 0.4) is 0 Å². The van der Waals surface area contributed by atoms with Crippen LogP contribution in [-0.2, 0) is 19.5 Å². The lowest BCUT2D eigenvalue weighted by Gasteiger charge is -2.29. The van der Waals surface area contributed by atoms with Gasteiger partial charge in [0, 0.05) is 24.7 Å². The number of hydrogen-bond acceptors (Lipinski definition) is 2. The zero-order valence-electron chi connectivity index (χ0n) is 11.6. The molecule has 21 heavy (non-hydrogen) atoms. The second-order valence-corrected chi connectivity index (χ2v) is 5.78. The summed E-state index contributed by atoms with van der Waals surface area (Å²) in [5, 5.41) is 9.99. The standard InChI is InChI=1S/C17H16ClNO2/c18-14-5-1-3-12(9-14)10-19-8-7-15-13(11-19)4-2-6-16(15)17(20)21/h1-6,9H,7-8,10-11H2,(H,20,21). The summed E-state index contributed by atoms with van der Waals surface area (Å²) in [6.45, 7) is 2.48. The Labute approximate surface area is 128 Å². The molecule has 2 aromatic carbocycles. The van der Waals surface area contributed by atoms with E-state index in [0.717, 1.165) is 42.2 Å². The molecule has 1 aliphatic rings. The Morgan fingerprint density at radius 3 is 2.81 bits per heavy atom. The maximum absolute atomic E-state index is 11.3. The number of aromatic carboxylic acids is 1. The smallest absolute Gasteiger partial charge is 0.335 e. The molecule has 4 heteroatoms. The molecule has 0 fully saturated rings. The van der Waals surface area contributed by atoms with Crippen molar-refractivity contribution in [3.05, 3.63) is 69.7 Å². The molecule has 2 aromatic rings. The van der Waals surface area contributed by atoms with Crippen molar-refractivity contribution in [1.82, 2.24) is 4.90 Å². The number of benzene rings is 2. The Morgan fingerprint density at radius 1 is 1.24 bits per heavy atom. The fraction of sp³-hybridized carbons (Fsp3) is 0.235. The third-order valence-corrected chi connectivity index (χ3v) is 4.11. The Bertz CT molecular complexity index is 684. The van der Waals surface area contributed by atoms with Gasteiger partial charge < -0.3 is 5.11 Å². The van der Waals surface area contributed by atoms with Gasteiger partial charge in [0.15, 0.2) is 0 Å². The van der Waals surface area contributed by atoms with Crippen LogP contribution in [0.25, 0.3) is 0 Å². The number of hydrogen-bond donors (Lipinski definition) is 1. The molecule has 108 valence electrons. The van der Waals surface area contributed by atoms with Gasteiger partial charge in [-0.05, 0) is 41.3 Å². The molecule has 3 nitrogen and oxygen atoms in total. The Kier molecular flexibility index (Phi) is 3.95. The van der Waals surface area contributed by atoms with E-state index >= 15 is 0 Å². The number of carbonyl (C=O) groups is 1. The average molecular weight is 302 g/mol. The van der Waals surface area contributed by atoms with E-state index in [4.69, 9.17) is 11.6 Å². The Hall–Kier alpha value is -1.84. The van der Waals surface area contributed by atoms with Crippen molar-refractivity contribution in [2.24, 2.45) is 0 Å². The van der Waals surface area contributed by atoms with E-state index in [9.17, 15) is 9.90 Å². The van der Waals surface area contributed by atoms with Crippen LogP contribution in [-0.4, -0.2) is 22.5 Å². The van der Waals surface area contributed by atoms with Gasteiger partial charge in [0.05, 0.1) is 5.56 Å². The highest BCUT2D eigenvalue weighted by molar-refractivity contribution is 6.30. The summed E-state index contributed by atoms with van der Waals surface area (Å²) in [4.78, 5) is 13.6. The third-order valence-electron chi connectivity index (χ3n) is 3.87. The van der Waals surface area contributed by atoms with Gasteiger partial charge in [-0.25, -0.2) is 4.79 Å². The van der Waals surface area contributed by atoms with Crippen LogP contribution in [0.1, 0.15) is 27.0 Å². The molecule has 0 saturated carbocycles. The second kappa shape index (κ2) is 5.88. The predicted octanol–water partition coefficient (Wildman–Crippen LogP) is 3.60. The first-order chi connectivity index (χ1) is 10.1. The van der Waals surface area contributed by atoms with E-state index in [1.165, 1.54) is 5.56 Å². The molecular formula is C17H16ClNO2. The molecule has 0 unspecified atom stereocenters. The average Bonchev–Trinajstić information content (AvgIpc) is 2.46. The molecular weight excluding hydrogens is 286 g/mol. The van der Waals surface area contributed by atoms with Crippen molar-refractivity contribution in [1.29, 1.82) is 0 Å². The maximum Gasteiger partial charge on any atom is 0.335 e. The van der Waals surface area contributed by atoms with Crippen molar-refractivity contribution in [3.8, 4) is 0 Å². The van der Waals surface area contributed by atoms with E-state index in [2.05, 4.69) is 11.0 Å². The van der Waals surface area contributed by atoms with Gasteiger partial charge >= 0.3 is 5.97 Å². The van der Waals surface area contributed by atoms with Crippen molar-refractivity contribution >= 4 is 17.6 Å². The molecule has 0 bridgehead atoms. The van der Waals surface area contributed by atoms with Crippen LogP contribution in [0.5, 0.6) is 0 Å². The lowest BCUT2D eigenvalue weighted by molar-refractivity contribution is 0.0694. The van der Waals surface area contributed by atoms with E-state index < -0.39 is 5.97 Å². The van der Waals surface area contributed by atoms with Gasteiger partial charge in [-0.15, -0.1) is 0 Å². The summed E-state index contributed by atoms with van der Waals surface area (Å²) in [6.07, 6.45) is 0.776. The minimum Gasteiger partial charge on any atom is -0.478 e.